The van der Waals surface area contributed by atoms with Crippen LogP contribution < -0.4 is 19.5 Å². The minimum atomic E-state index is -3.83. The van der Waals surface area contributed by atoms with E-state index < -0.39 is 10.0 Å². The zero-order chi connectivity index (χ0) is 25.3. The summed E-state index contributed by atoms with van der Waals surface area (Å²) in [5.41, 5.74) is 5.19. The molecule has 0 radical (unpaired) electrons. The highest BCUT2D eigenvalue weighted by Gasteiger charge is 2.24. The number of amides is 1. The number of aromatic amines is 1. The van der Waals surface area contributed by atoms with Gasteiger partial charge in [0.05, 0.1) is 24.7 Å². The Hall–Kier alpha value is -4.50. The van der Waals surface area contributed by atoms with Crippen LogP contribution in [0.3, 0.4) is 0 Å². The topological polar surface area (TPSA) is 110 Å². The van der Waals surface area contributed by atoms with E-state index in [1.54, 1.807) is 24.4 Å². The molecule has 1 amide bonds. The average Bonchev–Trinajstić information content (AvgIpc) is 3.51. The molecule has 9 heteroatoms. The van der Waals surface area contributed by atoms with Crippen LogP contribution in [0.2, 0.25) is 0 Å². The van der Waals surface area contributed by atoms with Crippen molar-refractivity contribution in [2.45, 2.75) is 4.90 Å². The maximum absolute atomic E-state index is 12.9. The number of anilines is 2. The van der Waals surface area contributed by atoms with Gasteiger partial charge in [0, 0.05) is 34.9 Å². The summed E-state index contributed by atoms with van der Waals surface area (Å²) in [4.78, 5) is 15.6. The number of carbonyl (C=O) groups is 1. The second-order valence-electron chi connectivity index (χ2n) is 8.10. The van der Waals surface area contributed by atoms with Crippen molar-refractivity contribution in [1.29, 1.82) is 0 Å². The molecule has 5 rings (SSSR count). The Balaban J connectivity index is 1.36. The monoisotopic (exact) mass is 501 g/mol. The molecule has 0 saturated carbocycles. The van der Waals surface area contributed by atoms with Gasteiger partial charge in [0.25, 0.3) is 15.9 Å². The van der Waals surface area contributed by atoms with Gasteiger partial charge >= 0.3 is 0 Å². The number of hydrogen-bond acceptors (Lipinski definition) is 5. The van der Waals surface area contributed by atoms with Crippen molar-refractivity contribution in [2.75, 3.05) is 24.3 Å². The first kappa shape index (κ1) is 23.3. The minimum Gasteiger partial charge on any atom is -0.493 e. The van der Waals surface area contributed by atoms with E-state index in [2.05, 4.69) is 15.0 Å². The van der Waals surface area contributed by atoms with Gasteiger partial charge in [-0.25, -0.2) is 8.42 Å². The molecule has 1 aromatic heterocycles. The summed E-state index contributed by atoms with van der Waals surface area (Å²) in [5.74, 6) is 0.611. The molecule has 0 aliphatic carbocycles. The van der Waals surface area contributed by atoms with Gasteiger partial charge in [0.2, 0.25) is 0 Å². The molecule has 0 atom stereocenters. The molecule has 3 N–H and O–H groups in total. The Labute approximate surface area is 208 Å². The lowest BCUT2D eigenvalue weighted by Crippen LogP contribution is -2.13. The lowest BCUT2D eigenvalue weighted by molar-refractivity contribution is -0.110. The van der Waals surface area contributed by atoms with Crippen molar-refractivity contribution < 1.29 is 22.7 Å². The number of rotatable bonds is 7. The molecule has 182 valence electrons. The summed E-state index contributed by atoms with van der Waals surface area (Å²) in [6.07, 6.45) is 3.63. The zero-order valence-electron chi connectivity index (χ0n) is 19.5. The van der Waals surface area contributed by atoms with E-state index in [1.807, 2.05) is 48.5 Å². The number of methoxy groups -OCH3 is 2. The van der Waals surface area contributed by atoms with E-state index in [0.29, 0.717) is 22.8 Å². The number of H-pyrrole nitrogens is 1. The molecule has 8 nitrogen and oxygen atoms in total. The van der Waals surface area contributed by atoms with E-state index in [-0.39, 0.29) is 10.8 Å². The predicted molar refractivity (Wildman–Crippen MR) is 140 cm³/mol. The van der Waals surface area contributed by atoms with Crippen LogP contribution in [-0.2, 0) is 14.8 Å². The summed E-state index contributed by atoms with van der Waals surface area (Å²) in [6.45, 7) is 0. The van der Waals surface area contributed by atoms with E-state index in [0.717, 1.165) is 28.1 Å². The van der Waals surface area contributed by atoms with E-state index in [4.69, 9.17) is 9.47 Å². The van der Waals surface area contributed by atoms with E-state index in [1.165, 1.54) is 26.4 Å². The highest BCUT2D eigenvalue weighted by Crippen LogP contribution is 2.36. The van der Waals surface area contributed by atoms with Gasteiger partial charge in [-0.2, -0.15) is 0 Å². The van der Waals surface area contributed by atoms with Crippen LogP contribution >= 0.6 is 0 Å². The molecule has 4 aromatic rings. The van der Waals surface area contributed by atoms with Crippen molar-refractivity contribution in [3.63, 3.8) is 0 Å². The van der Waals surface area contributed by atoms with Crippen molar-refractivity contribution in [1.82, 2.24) is 4.98 Å². The van der Waals surface area contributed by atoms with Gasteiger partial charge in [-0.15, -0.1) is 0 Å². The van der Waals surface area contributed by atoms with E-state index >= 15 is 0 Å². The van der Waals surface area contributed by atoms with Crippen molar-refractivity contribution >= 4 is 39.0 Å². The zero-order valence-corrected chi connectivity index (χ0v) is 20.3. The number of benzene rings is 3. The third-order valence-electron chi connectivity index (χ3n) is 5.86. The Kier molecular flexibility index (Phi) is 5.99. The first-order valence-electron chi connectivity index (χ1n) is 11.0. The summed E-state index contributed by atoms with van der Waals surface area (Å²) in [5, 5.41) is 2.92. The summed E-state index contributed by atoms with van der Waals surface area (Å²) in [7, 11) is -0.898. The smallest absolute Gasteiger partial charge is 0.262 e. The van der Waals surface area contributed by atoms with E-state index in [9.17, 15) is 13.2 Å². The van der Waals surface area contributed by atoms with Gasteiger partial charge in [-0.3, -0.25) is 9.52 Å². The first-order chi connectivity index (χ1) is 17.4. The third kappa shape index (κ3) is 4.44. The van der Waals surface area contributed by atoms with Crippen molar-refractivity contribution in [2.24, 2.45) is 0 Å². The molecular weight excluding hydrogens is 478 g/mol. The van der Waals surface area contributed by atoms with Crippen LogP contribution in [-0.4, -0.2) is 33.5 Å². The number of ether oxygens (including phenoxy) is 2. The molecule has 3 aromatic carbocycles. The number of sulfonamides is 1. The summed E-state index contributed by atoms with van der Waals surface area (Å²) < 4.78 is 38.7. The Bertz CT molecular complexity index is 1570. The molecule has 36 heavy (non-hydrogen) atoms. The Morgan fingerprint density at radius 3 is 2.31 bits per heavy atom. The van der Waals surface area contributed by atoms with Crippen molar-refractivity contribution in [3.8, 4) is 22.6 Å². The van der Waals surface area contributed by atoms with Crippen molar-refractivity contribution in [3.05, 3.63) is 90.3 Å². The number of carbonyl (C=O) groups excluding carboxylic acids is 1. The summed E-state index contributed by atoms with van der Waals surface area (Å²) >= 11 is 0. The molecule has 1 aliphatic rings. The molecule has 0 saturated heterocycles. The number of aromatic nitrogens is 1. The second kappa shape index (κ2) is 9.27. The van der Waals surface area contributed by atoms with Crippen LogP contribution in [0, 0.1) is 0 Å². The SMILES string of the molecule is COc1ccc(S(=O)(=O)Nc2ccc(-c3ccc4c(c3)NC(=O)/C4=C\c3ccc[nH]3)cc2)cc1OC. The standard InChI is InChI=1S/C27H23N3O5S/c1-34-25-12-10-21(16-26(25)35-2)36(32,33)30-19-8-5-17(6-9-19)18-7-11-22-23(15-20-4-3-13-28-20)27(31)29-24(22)14-18/h3-16,28,30H,1-2H3,(H,29,31)/b23-15-. The number of hydrogen-bond donors (Lipinski definition) is 3. The molecule has 0 unspecified atom stereocenters. The molecule has 0 bridgehead atoms. The van der Waals surface area contributed by atoms with Crippen LogP contribution in [0.1, 0.15) is 11.3 Å². The Morgan fingerprint density at radius 2 is 1.61 bits per heavy atom. The predicted octanol–water partition coefficient (Wildman–Crippen LogP) is 4.99. The van der Waals surface area contributed by atoms with Crippen LogP contribution in [0.25, 0.3) is 22.8 Å². The fraction of sp³-hybridized carbons (Fsp3) is 0.0741. The summed E-state index contributed by atoms with van der Waals surface area (Å²) in [6, 6.07) is 21.0. The largest absolute Gasteiger partial charge is 0.493 e. The highest BCUT2D eigenvalue weighted by molar-refractivity contribution is 7.92. The molecule has 1 aliphatic heterocycles. The average molecular weight is 502 g/mol. The normalized spacial score (nSPS) is 13.8. The maximum atomic E-state index is 12.9. The lowest BCUT2D eigenvalue weighted by atomic mass is 10.00. The molecule has 0 fully saturated rings. The van der Waals surface area contributed by atoms with Crippen LogP contribution in [0.4, 0.5) is 11.4 Å². The molecular formula is C27H23N3O5S. The highest BCUT2D eigenvalue weighted by atomic mass is 32.2. The molecule has 0 spiro atoms. The van der Waals surface area contributed by atoms with Gasteiger partial charge < -0.3 is 19.8 Å². The minimum absolute atomic E-state index is 0.0572. The Morgan fingerprint density at radius 1 is 0.861 bits per heavy atom. The quantitative estimate of drug-likeness (QED) is 0.309. The fourth-order valence-corrected chi connectivity index (χ4v) is 5.11. The fourth-order valence-electron chi connectivity index (χ4n) is 4.04. The van der Waals surface area contributed by atoms with Gasteiger partial charge in [0.1, 0.15) is 0 Å². The van der Waals surface area contributed by atoms with Gasteiger partial charge in [-0.1, -0.05) is 24.3 Å². The van der Waals surface area contributed by atoms with Crippen LogP contribution in [0.5, 0.6) is 11.5 Å². The first-order valence-corrected chi connectivity index (χ1v) is 12.5. The lowest BCUT2D eigenvalue weighted by Gasteiger charge is -2.12. The van der Waals surface area contributed by atoms with Crippen LogP contribution in [0.15, 0.2) is 83.9 Å². The molecule has 2 heterocycles. The van der Waals surface area contributed by atoms with Gasteiger partial charge in [-0.05, 0) is 59.7 Å². The third-order valence-corrected chi connectivity index (χ3v) is 7.24. The number of fused-ring (bicyclic) bond motifs is 1. The number of nitrogens with one attached hydrogen (secondary N) is 3. The van der Waals surface area contributed by atoms with Gasteiger partial charge in [0.15, 0.2) is 11.5 Å². The maximum Gasteiger partial charge on any atom is 0.262 e. The second-order valence-corrected chi connectivity index (χ2v) is 9.78.